The molecule has 1 atom stereocenters. The van der Waals surface area contributed by atoms with Crippen LogP contribution in [0.3, 0.4) is 0 Å². The Labute approximate surface area is 146 Å². The molecule has 2 aliphatic rings. The van der Waals surface area contributed by atoms with Crippen molar-refractivity contribution in [3.05, 3.63) is 29.6 Å². The van der Waals surface area contributed by atoms with Gasteiger partial charge >= 0.3 is 0 Å². The highest BCUT2D eigenvalue weighted by Gasteiger charge is 2.33. The smallest absolute Gasteiger partial charge is 0.0547 e. The summed E-state index contributed by atoms with van der Waals surface area (Å²) in [4.78, 5) is 12.3. The van der Waals surface area contributed by atoms with Gasteiger partial charge in [-0.25, -0.2) is 0 Å². The molecule has 3 rings (SSSR count). The van der Waals surface area contributed by atoms with Gasteiger partial charge in [0.2, 0.25) is 0 Å². The zero-order chi connectivity index (χ0) is 16.9. The summed E-state index contributed by atoms with van der Waals surface area (Å²) < 4.78 is 0. The molecule has 2 fully saturated rings. The third-order valence-electron chi connectivity index (χ3n) is 5.56. The van der Waals surface area contributed by atoms with E-state index in [9.17, 15) is 5.11 Å². The highest BCUT2D eigenvalue weighted by molar-refractivity contribution is 5.10. The molecule has 5 nitrogen and oxygen atoms in total. The lowest BCUT2D eigenvalue weighted by Crippen LogP contribution is -2.58. The van der Waals surface area contributed by atoms with Crippen LogP contribution >= 0.6 is 0 Å². The number of hydrogen-bond donors (Lipinski definition) is 1. The number of hydrogen-bond acceptors (Lipinski definition) is 5. The molecule has 134 valence electrons. The maximum Gasteiger partial charge on any atom is 0.0547 e. The molecule has 0 radical (unpaired) electrons. The van der Waals surface area contributed by atoms with E-state index in [2.05, 4.69) is 51.9 Å². The van der Waals surface area contributed by atoms with Crippen molar-refractivity contribution in [2.45, 2.75) is 44.8 Å². The molecular weight excluding hydrogens is 300 g/mol. The molecule has 24 heavy (non-hydrogen) atoms. The van der Waals surface area contributed by atoms with Gasteiger partial charge in [0.25, 0.3) is 0 Å². The number of pyridine rings is 1. The van der Waals surface area contributed by atoms with Crippen molar-refractivity contribution in [3.63, 3.8) is 0 Å². The maximum absolute atomic E-state index is 9.52. The molecular formula is C19H32N4O. The Kier molecular flexibility index (Phi) is 6.22. The fourth-order valence-corrected chi connectivity index (χ4v) is 4.21. The van der Waals surface area contributed by atoms with Crippen LogP contribution in [0.4, 0.5) is 0 Å². The van der Waals surface area contributed by atoms with Crippen LogP contribution in [-0.2, 0) is 6.54 Å². The third kappa shape index (κ3) is 4.54. The van der Waals surface area contributed by atoms with E-state index in [0.717, 1.165) is 44.0 Å². The van der Waals surface area contributed by atoms with Crippen LogP contribution in [0.5, 0.6) is 0 Å². The highest BCUT2D eigenvalue weighted by Crippen LogP contribution is 2.23. The fraction of sp³-hybridized carbons (Fsp3) is 0.737. The Hall–Kier alpha value is -1.01. The summed E-state index contributed by atoms with van der Waals surface area (Å²) in [6, 6.07) is 7.43. The summed E-state index contributed by atoms with van der Waals surface area (Å²) in [6.07, 6.45) is 3.40. The van der Waals surface area contributed by atoms with Crippen LogP contribution in [0.1, 0.15) is 30.7 Å². The molecule has 0 saturated carbocycles. The minimum Gasteiger partial charge on any atom is -0.396 e. The Balaban J connectivity index is 1.60. The first-order chi connectivity index (χ1) is 11.7. The number of aliphatic hydroxyl groups is 1. The van der Waals surface area contributed by atoms with Gasteiger partial charge in [-0.1, -0.05) is 6.07 Å². The highest BCUT2D eigenvalue weighted by atomic mass is 16.3. The van der Waals surface area contributed by atoms with Crippen molar-refractivity contribution in [1.82, 2.24) is 19.7 Å². The van der Waals surface area contributed by atoms with Crippen LogP contribution in [0.15, 0.2) is 18.2 Å². The summed E-state index contributed by atoms with van der Waals surface area (Å²) in [7, 11) is 2.22. The summed E-state index contributed by atoms with van der Waals surface area (Å²) in [6.45, 7) is 8.91. The first kappa shape index (κ1) is 17.8. The lowest BCUT2D eigenvalue weighted by atomic mass is 9.98. The molecule has 0 unspecified atom stereocenters. The van der Waals surface area contributed by atoms with E-state index in [1.807, 2.05) is 0 Å². The average Bonchev–Trinajstić information content (AvgIpc) is 2.57. The number of nitrogens with zero attached hydrogens (tertiary/aromatic N) is 4. The van der Waals surface area contributed by atoms with Crippen LogP contribution in [-0.4, -0.2) is 83.3 Å². The van der Waals surface area contributed by atoms with Crippen molar-refractivity contribution in [3.8, 4) is 0 Å². The lowest BCUT2D eigenvalue weighted by Gasteiger charge is -2.47. The predicted molar refractivity (Wildman–Crippen MR) is 97.0 cm³/mol. The molecule has 5 heteroatoms. The number of rotatable bonds is 5. The van der Waals surface area contributed by atoms with Gasteiger partial charge in [0.15, 0.2) is 0 Å². The van der Waals surface area contributed by atoms with Gasteiger partial charge in [-0.15, -0.1) is 0 Å². The number of piperidine rings is 1. The molecule has 2 saturated heterocycles. The zero-order valence-electron chi connectivity index (χ0n) is 15.2. The number of aryl methyl sites for hydroxylation is 1. The summed E-state index contributed by atoms with van der Waals surface area (Å²) >= 11 is 0. The van der Waals surface area contributed by atoms with E-state index in [0.29, 0.717) is 12.1 Å². The van der Waals surface area contributed by atoms with Crippen LogP contribution in [0, 0.1) is 6.92 Å². The van der Waals surface area contributed by atoms with E-state index < -0.39 is 0 Å². The van der Waals surface area contributed by atoms with E-state index in [1.165, 1.54) is 25.9 Å². The molecule has 1 aromatic rings. The van der Waals surface area contributed by atoms with E-state index >= 15 is 0 Å². The van der Waals surface area contributed by atoms with Gasteiger partial charge in [-0.2, -0.15) is 0 Å². The van der Waals surface area contributed by atoms with Gasteiger partial charge in [0.05, 0.1) is 5.69 Å². The number of piperazine rings is 1. The molecule has 1 aromatic heterocycles. The fourth-order valence-electron chi connectivity index (χ4n) is 4.21. The van der Waals surface area contributed by atoms with Gasteiger partial charge in [-0.3, -0.25) is 14.8 Å². The van der Waals surface area contributed by atoms with Crippen molar-refractivity contribution in [1.29, 1.82) is 0 Å². The molecule has 0 bridgehead atoms. The predicted octanol–water partition coefficient (Wildman–Crippen LogP) is 1.35. The maximum atomic E-state index is 9.52. The topological polar surface area (TPSA) is 42.8 Å². The number of aromatic nitrogens is 1. The quantitative estimate of drug-likeness (QED) is 0.882. The molecule has 0 spiro atoms. The Bertz CT molecular complexity index is 516. The summed E-state index contributed by atoms with van der Waals surface area (Å²) in [5, 5.41) is 9.52. The normalized spacial score (nSPS) is 25.2. The first-order valence-electron chi connectivity index (χ1n) is 9.35. The largest absolute Gasteiger partial charge is 0.396 e. The van der Waals surface area contributed by atoms with Crippen molar-refractivity contribution in [2.75, 3.05) is 46.4 Å². The molecule has 2 aliphatic heterocycles. The minimum atomic E-state index is 0.282. The molecule has 3 heterocycles. The lowest BCUT2D eigenvalue weighted by molar-refractivity contribution is 0.00564. The summed E-state index contributed by atoms with van der Waals surface area (Å²) in [5.74, 6) is 0. The molecule has 0 aliphatic carbocycles. The van der Waals surface area contributed by atoms with Crippen LogP contribution in [0.25, 0.3) is 0 Å². The van der Waals surface area contributed by atoms with E-state index in [4.69, 9.17) is 0 Å². The third-order valence-corrected chi connectivity index (χ3v) is 5.56. The Morgan fingerprint density at radius 1 is 1.17 bits per heavy atom. The zero-order valence-corrected chi connectivity index (χ0v) is 15.2. The van der Waals surface area contributed by atoms with Gasteiger partial charge in [0.1, 0.15) is 0 Å². The van der Waals surface area contributed by atoms with Crippen LogP contribution in [0.2, 0.25) is 0 Å². The SMILES string of the molecule is Cc1cccc(CN2CCN(C3CCN(C)CC3)[C@H](CCO)C2)n1. The minimum absolute atomic E-state index is 0.282. The van der Waals surface area contributed by atoms with Crippen LogP contribution < -0.4 is 0 Å². The van der Waals surface area contributed by atoms with E-state index in [1.54, 1.807) is 0 Å². The Morgan fingerprint density at radius 3 is 2.67 bits per heavy atom. The molecule has 0 amide bonds. The number of aliphatic hydroxyl groups excluding tert-OH is 1. The van der Waals surface area contributed by atoms with Crippen molar-refractivity contribution >= 4 is 0 Å². The average molecular weight is 332 g/mol. The molecule has 0 aromatic carbocycles. The van der Waals surface area contributed by atoms with Crippen molar-refractivity contribution < 1.29 is 5.11 Å². The molecule has 1 N–H and O–H groups in total. The van der Waals surface area contributed by atoms with Crippen molar-refractivity contribution in [2.24, 2.45) is 0 Å². The second kappa shape index (κ2) is 8.39. The van der Waals surface area contributed by atoms with Gasteiger partial charge in [0, 0.05) is 50.6 Å². The standard InChI is InChI=1S/C19H32N4O/c1-16-4-3-5-17(20-16)14-22-11-12-23(19(15-22)8-13-24)18-6-9-21(2)10-7-18/h3-5,18-19,24H,6-15H2,1-2H3/t19-/m1/s1. The van der Waals surface area contributed by atoms with E-state index in [-0.39, 0.29) is 6.61 Å². The second-order valence-corrected chi connectivity index (χ2v) is 7.44. The first-order valence-corrected chi connectivity index (χ1v) is 9.35. The van der Waals surface area contributed by atoms with Gasteiger partial charge in [-0.05, 0) is 58.5 Å². The second-order valence-electron chi connectivity index (χ2n) is 7.44. The monoisotopic (exact) mass is 332 g/mol. The summed E-state index contributed by atoms with van der Waals surface area (Å²) in [5.41, 5.74) is 2.25. The number of likely N-dealkylation sites (tertiary alicyclic amines) is 1. The Morgan fingerprint density at radius 2 is 1.96 bits per heavy atom. The van der Waals surface area contributed by atoms with Gasteiger partial charge < -0.3 is 10.0 Å².